The summed E-state index contributed by atoms with van der Waals surface area (Å²) in [7, 11) is 3.08. The quantitative estimate of drug-likeness (QED) is 0.217. The number of nitrogens with zero attached hydrogens (tertiary/aromatic N) is 7. The SMILES string of the molecule is COc1cccc(-n2nnn(C)c2=O)c1CO/C(=N/N=C(\C)c1cc(Cl)cc(Cl)n1)C1CC1. The van der Waals surface area contributed by atoms with Gasteiger partial charge in [0.25, 0.3) is 0 Å². The summed E-state index contributed by atoms with van der Waals surface area (Å²) in [5.74, 6) is 1.22. The van der Waals surface area contributed by atoms with Gasteiger partial charge in [0.1, 0.15) is 17.5 Å². The van der Waals surface area contributed by atoms with Gasteiger partial charge in [-0.3, -0.25) is 0 Å². The van der Waals surface area contributed by atoms with Crippen molar-refractivity contribution >= 4 is 34.8 Å². The van der Waals surface area contributed by atoms with E-state index >= 15 is 0 Å². The van der Waals surface area contributed by atoms with Crippen LogP contribution in [0, 0.1) is 5.92 Å². The van der Waals surface area contributed by atoms with Crippen molar-refractivity contribution in [3.05, 3.63) is 62.2 Å². The molecular formula is C21H21Cl2N7O3. The normalized spacial score (nSPS) is 14.5. The van der Waals surface area contributed by atoms with Crippen molar-refractivity contribution in [3.63, 3.8) is 0 Å². The lowest BCUT2D eigenvalue weighted by molar-refractivity contribution is 0.271. The fraction of sp³-hybridized carbons (Fsp3) is 0.333. The monoisotopic (exact) mass is 489 g/mol. The number of aromatic nitrogens is 5. The van der Waals surface area contributed by atoms with Crippen molar-refractivity contribution in [3.8, 4) is 11.4 Å². The van der Waals surface area contributed by atoms with Crippen molar-refractivity contribution in [2.45, 2.75) is 26.4 Å². The Balaban J connectivity index is 1.62. The molecule has 0 saturated heterocycles. The fourth-order valence-corrected chi connectivity index (χ4v) is 3.56. The van der Waals surface area contributed by atoms with E-state index in [1.807, 2.05) is 0 Å². The van der Waals surface area contributed by atoms with Crippen LogP contribution >= 0.6 is 23.2 Å². The van der Waals surface area contributed by atoms with E-state index in [9.17, 15) is 4.79 Å². The molecule has 1 aliphatic carbocycles. The summed E-state index contributed by atoms with van der Waals surface area (Å²) in [5, 5.41) is 17.1. The fourth-order valence-electron chi connectivity index (χ4n) is 3.08. The van der Waals surface area contributed by atoms with Crippen LogP contribution in [0.25, 0.3) is 5.69 Å². The van der Waals surface area contributed by atoms with Crippen LogP contribution in [-0.4, -0.2) is 43.5 Å². The van der Waals surface area contributed by atoms with Gasteiger partial charge in [0.15, 0.2) is 0 Å². The Labute approximate surface area is 199 Å². The molecule has 1 aliphatic rings. The first-order valence-corrected chi connectivity index (χ1v) is 10.9. The topological polar surface area (TPSA) is 109 Å². The lowest BCUT2D eigenvalue weighted by Gasteiger charge is -2.14. The van der Waals surface area contributed by atoms with Gasteiger partial charge in [-0.25, -0.2) is 9.78 Å². The molecule has 0 spiro atoms. The maximum absolute atomic E-state index is 12.4. The number of aryl methyl sites for hydroxylation is 1. The third kappa shape index (κ3) is 5.23. The van der Waals surface area contributed by atoms with E-state index < -0.39 is 0 Å². The van der Waals surface area contributed by atoms with Gasteiger partial charge in [0.2, 0.25) is 5.90 Å². The molecule has 3 aromatic rings. The molecule has 1 fully saturated rings. The molecule has 0 aliphatic heterocycles. The second-order valence-electron chi connectivity index (χ2n) is 7.43. The Morgan fingerprint density at radius 2 is 2.00 bits per heavy atom. The number of benzene rings is 1. The minimum Gasteiger partial charge on any atom is -0.496 e. The highest BCUT2D eigenvalue weighted by atomic mass is 35.5. The Morgan fingerprint density at radius 3 is 2.64 bits per heavy atom. The Kier molecular flexibility index (Phi) is 6.75. The van der Waals surface area contributed by atoms with Crippen LogP contribution in [0.4, 0.5) is 0 Å². The number of hydrogen-bond acceptors (Lipinski definition) is 8. The molecule has 0 amide bonds. The van der Waals surface area contributed by atoms with E-state index in [0.717, 1.165) is 17.5 Å². The van der Waals surface area contributed by atoms with Gasteiger partial charge in [-0.2, -0.15) is 14.5 Å². The minimum absolute atomic E-state index is 0.105. The number of halogens is 2. The largest absolute Gasteiger partial charge is 0.496 e. The van der Waals surface area contributed by atoms with Crippen LogP contribution in [-0.2, 0) is 18.4 Å². The Hall–Kier alpha value is -3.24. The van der Waals surface area contributed by atoms with Crippen molar-refractivity contribution in [2.75, 3.05) is 7.11 Å². The lowest BCUT2D eigenvalue weighted by atomic mass is 10.1. The van der Waals surface area contributed by atoms with Gasteiger partial charge < -0.3 is 9.47 Å². The molecule has 172 valence electrons. The van der Waals surface area contributed by atoms with Crippen molar-refractivity contribution in [1.82, 2.24) is 24.8 Å². The smallest absolute Gasteiger partial charge is 0.368 e. The molecular weight excluding hydrogens is 469 g/mol. The highest BCUT2D eigenvalue weighted by Gasteiger charge is 2.30. The molecule has 10 nitrogen and oxygen atoms in total. The van der Waals surface area contributed by atoms with Gasteiger partial charge in [-0.05, 0) is 54.5 Å². The molecule has 0 atom stereocenters. The number of hydrogen-bond donors (Lipinski definition) is 0. The van der Waals surface area contributed by atoms with Crippen LogP contribution in [0.15, 0.2) is 45.3 Å². The third-order valence-electron chi connectivity index (χ3n) is 5.00. The Morgan fingerprint density at radius 1 is 1.21 bits per heavy atom. The zero-order valence-electron chi connectivity index (χ0n) is 18.2. The zero-order valence-corrected chi connectivity index (χ0v) is 19.7. The average molecular weight is 490 g/mol. The molecule has 33 heavy (non-hydrogen) atoms. The molecule has 2 aromatic heterocycles. The number of methoxy groups -OCH3 is 1. The third-order valence-corrected chi connectivity index (χ3v) is 5.41. The lowest BCUT2D eigenvalue weighted by Crippen LogP contribution is -2.23. The van der Waals surface area contributed by atoms with E-state index in [1.54, 1.807) is 44.4 Å². The van der Waals surface area contributed by atoms with Crippen LogP contribution in [0.2, 0.25) is 10.2 Å². The number of pyridine rings is 1. The van der Waals surface area contributed by atoms with E-state index in [0.29, 0.717) is 39.3 Å². The highest BCUT2D eigenvalue weighted by Crippen LogP contribution is 2.33. The maximum Gasteiger partial charge on any atom is 0.368 e. The Bertz CT molecular complexity index is 1280. The molecule has 0 bridgehead atoms. The first-order chi connectivity index (χ1) is 15.9. The molecule has 0 N–H and O–H groups in total. The van der Waals surface area contributed by atoms with Gasteiger partial charge in [-0.1, -0.05) is 29.3 Å². The number of rotatable bonds is 7. The van der Waals surface area contributed by atoms with E-state index in [1.165, 1.54) is 11.7 Å². The van der Waals surface area contributed by atoms with Crippen LogP contribution < -0.4 is 10.4 Å². The molecule has 0 radical (unpaired) electrons. The average Bonchev–Trinajstić information content (AvgIpc) is 3.58. The van der Waals surface area contributed by atoms with E-state index in [4.69, 9.17) is 32.7 Å². The van der Waals surface area contributed by atoms with Gasteiger partial charge >= 0.3 is 5.69 Å². The predicted molar refractivity (Wildman–Crippen MR) is 125 cm³/mol. The van der Waals surface area contributed by atoms with Crippen LogP contribution in [0.5, 0.6) is 5.75 Å². The summed E-state index contributed by atoms with van der Waals surface area (Å²) < 4.78 is 13.9. The van der Waals surface area contributed by atoms with Crippen molar-refractivity contribution in [1.29, 1.82) is 0 Å². The van der Waals surface area contributed by atoms with Gasteiger partial charge in [0.05, 0.1) is 29.8 Å². The summed E-state index contributed by atoms with van der Waals surface area (Å²) in [6.45, 7) is 1.87. The van der Waals surface area contributed by atoms with Gasteiger partial charge in [0, 0.05) is 18.0 Å². The van der Waals surface area contributed by atoms with Crippen molar-refractivity contribution < 1.29 is 9.47 Å². The zero-order chi connectivity index (χ0) is 23.5. The van der Waals surface area contributed by atoms with Crippen LogP contribution in [0.1, 0.15) is 31.0 Å². The van der Waals surface area contributed by atoms with Crippen molar-refractivity contribution in [2.24, 2.45) is 23.2 Å². The molecule has 12 heteroatoms. The second-order valence-corrected chi connectivity index (χ2v) is 8.26. The number of tetrazole rings is 1. The van der Waals surface area contributed by atoms with E-state index in [2.05, 4.69) is 25.6 Å². The van der Waals surface area contributed by atoms with E-state index in [-0.39, 0.29) is 23.4 Å². The summed E-state index contributed by atoms with van der Waals surface area (Å²) in [6.07, 6.45) is 1.91. The highest BCUT2D eigenvalue weighted by molar-refractivity contribution is 6.34. The second kappa shape index (κ2) is 9.72. The summed E-state index contributed by atoms with van der Waals surface area (Å²) >= 11 is 12.0. The first-order valence-electron chi connectivity index (χ1n) is 10.1. The summed E-state index contributed by atoms with van der Waals surface area (Å²) in [4.78, 5) is 16.6. The summed E-state index contributed by atoms with van der Waals surface area (Å²) in [5.41, 5.74) is 1.85. The molecule has 1 aromatic carbocycles. The molecule has 2 heterocycles. The summed E-state index contributed by atoms with van der Waals surface area (Å²) in [6, 6.07) is 8.52. The molecule has 1 saturated carbocycles. The molecule has 0 unspecified atom stereocenters. The standard InChI is InChI=1S/C21H21Cl2N7O3/c1-12(16-9-14(22)10-19(23)24-16)25-26-20(13-7-8-13)33-11-15-17(5-4-6-18(15)32-3)30-21(31)29(2)27-28-30/h4-6,9-10,13H,7-8,11H2,1-3H3/b25-12+,26-20+. The van der Waals surface area contributed by atoms with Crippen LogP contribution in [0.3, 0.4) is 0 Å². The number of ether oxygens (including phenoxy) is 2. The predicted octanol–water partition coefficient (Wildman–Crippen LogP) is 3.43. The first kappa shape index (κ1) is 22.9. The van der Waals surface area contributed by atoms with Gasteiger partial charge in [-0.15, -0.1) is 5.10 Å². The maximum atomic E-state index is 12.4. The minimum atomic E-state index is -0.381. The molecule has 4 rings (SSSR count).